The molecule has 1 heterocycles. The van der Waals surface area contributed by atoms with Gasteiger partial charge in [0.25, 0.3) is 0 Å². The van der Waals surface area contributed by atoms with E-state index >= 15 is 0 Å². The van der Waals surface area contributed by atoms with Crippen LogP contribution in [0.2, 0.25) is 0 Å². The Morgan fingerprint density at radius 2 is 2.29 bits per heavy atom. The Kier molecular flexibility index (Phi) is 4.02. The van der Waals surface area contributed by atoms with Crippen LogP contribution in [0.1, 0.15) is 16.8 Å². The van der Waals surface area contributed by atoms with Gasteiger partial charge < -0.3 is 11.1 Å². The Bertz CT molecular complexity index is 510. The van der Waals surface area contributed by atoms with Crippen LogP contribution in [0, 0.1) is 0 Å². The minimum atomic E-state index is 0.714. The summed E-state index contributed by atoms with van der Waals surface area (Å²) in [6, 6.07) is 5.79. The predicted molar refractivity (Wildman–Crippen MR) is 77.4 cm³/mol. The molecule has 1 aromatic heterocycles. The smallest absolute Gasteiger partial charge is 0.112 e. The molecule has 90 valence electrons. The van der Waals surface area contributed by atoms with Crippen LogP contribution in [-0.4, -0.2) is 4.98 Å². The van der Waals surface area contributed by atoms with Crippen molar-refractivity contribution in [3.05, 3.63) is 38.8 Å². The van der Waals surface area contributed by atoms with Crippen molar-refractivity contribution in [3.8, 4) is 0 Å². The quantitative estimate of drug-likeness (QED) is 0.847. The molecule has 0 saturated heterocycles. The second-order valence-corrected chi connectivity index (χ2v) is 5.77. The van der Waals surface area contributed by atoms with E-state index in [0.29, 0.717) is 6.54 Å². The van der Waals surface area contributed by atoms with Crippen LogP contribution in [0.3, 0.4) is 0 Å². The summed E-state index contributed by atoms with van der Waals surface area (Å²) >= 11 is 5.17. The molecule has 0 bridgehead atoms. The number of hydrogen-bond donors (Lipinski definition) is 2. The molecule has 3 nitrogen and oxygen atoms in total. The summed E-state index contributed by atoms with van der Waals surface area (Å²) in [7, 11) is 0. The summed E-state index contributed by atoms with van der Waals surface area (Å²) in [6.07, 6.45) is 2.97. The normalized spacial score (nSPS) is 10.5. The number of thiazole rings is 1. The van der Waals surface area contributed by atoms with E-state index in [2.05, 4.69) is 33.2 Å². The number of benzene rings is 1. The molecule has 17 heavy (non-hydrogen) atoms. The van der Waals surface area contributed by atoms with E-state index in [1.807, 2.05) is 24.4 Å². The van der Waals surface area contributed by atoms with Crippen LogP contribution in [0.5, 0.6) is 0 Å². The van der Waals surface area contributed by atoms with Crippen molar-refractivity contribution in [1.82, 2.24) is 4.98 Å². The third-order valence-electron chi connectivity index (χ3n) is 2.40. The molecule has 0 fully saturated rings. The van der Waals surface area contributed by atoms with E-state index in [9.17, 15) is 0 Å². The number of aromatic nitrogens is 1. The van der Waals surface area contributed by atoms with Crippen molar-refractivity contribution in [1.29, 1.82) is 0 Å². The average Bonchev–Trinajstić information content (AvgIpc) is 2.78. The zero-order valence-corrected chi connectivity index (χ0v) is 11.9. The summed E-state index contributed by atoms with van der Waals surface area (Å²) < 4.78 is 1.02. The van der Waals surface area contributed by atoms with E-state index in [4.69, 9.17) is 5.73 Å². The van der Waals surface area contributed by atoms with Crippen molar-refractivity contribution in [2.75, 3.05) is 11.1 Å². The fourth-order valence-corrected chi connectivity index (χ4v) is 2.61. The fraction of sp³-hybridized carbons (Fsp3) is 0.250. The molecule has 0 aliphatic heterocycles. The molecule has 0 radical (unpaired) electrons. The molecule has 0 amide bonds. The lowest BCUT2D eigenvalue weighted by atomic mass is 10.3. The molecule has 0 aliphatic carbocycles. The molecule has 3 N–H and O–H groups in total. The van der Waals surface area contributed by atoms with Crippen LogP contribution in [-0.2, 0) is 13.0 Å². The fourth-order valence-electron chi connectivity index (χ4n) is 1.45. The van der Waals surface area contributed by atoms with Crippen molar-refractivity contribution in [2.24, 2.45) is 0 Å². The maximum atomic E-state index is 5.88. The molecule has 0 atom stereocenters. The monoisotopic (exact) mass is 311 g/mol. The van der Waals surface area contributed by atoms with Gasteiger partial charge in [0.15, 0.2) is 0 Å². The summed E-state index contributed by atoms with van der Waals surface area (Å²) in [5, 5.41) is 4.38. The predicted octanol–water partition coefficient (Wildman–Crippen LogP) is 3.66. The number of hydrogen-bond acceptors (Lipinski definition) is 4. The van der Waals surface area contributed by atoms with Gasteiger partial charge in [0.1, 0.15) is 5.01 Å². The molecule has 0 spiro atoms. The zero-order chi connectivity index (χ0) is 12.3. The maximum Gasteiger partial charge on any atom is 0.112 e. The third-order valence-corrected chi connectivity index (χ3v) is 4.03. The van der Waals surface area contributed by atoms with Gasteiger partial charge in [-0.2, -0.15) is 0 Å². The Morgan fingerprint density at radius 3 is 3.00 bits per heavy atom. The van der Waals surface area contributed by atoms with Gasteiger partial charge in [-0.3, -0.25) is 0 Å². The third kappa shape index (κ3) is 3.20. The van der Waals surface area contributed by atoms with E-state index in [1.54, 1.807) is 11.3 Å². The van der Waals surface area contributed by atoms with Gasteiger partial charge in [0, 0.05) is 15.5 Å². The van der Waals surface area contributed by atoms with Crippen molar-refractivity contribution in [2.45, 2.75) is 19.9 Å². The van der Waals surface area contributed by atoms with Crippen molar-refractivity contribution < 1.29 is 0 Å². The Labute approximate surface area is 113 Å². The largest absolute Gasteiger partial charge is 0.397 e. The van der Waals surface area contributed by atoms with Crippen LogP contribution in [0.4, 0.5) is 11.4 Å². The highest BCUT2D eigenvalue weighted by atomic mass is 79.9. The van der Waals surface area contributed by atoms with Gasteiger partial charge in [-0.25, -0.2) is 4.98 Å². The minimum Gasteiger partial charge on any atom is -0.397 e. The second kappa shape index (κ2) is 5.51. The summed E-state index contributed by atoms with van der Waals surface area (Å²) in [5.41, 5.74) is 7.57. The summed E-state index contributed by atoms with van der Waals surface area (Å²) in [5.74, 6) is 0. The molecule has 0 aliphatic rings. The molecule has 0 unspecified atom stereocenters. The average molecular weight is 312 g/mol. The van der Waals surface area contributed by atoms with Crippen molar-refractivity contribution in [3.63, 3.8) is 0 Å². The van der Waals surface area contributed by atoms with E-state index in [0.717, 1.165) is 27.3 Å². The number of nitrogens with zero attached hydrogens (tertiary/aromatic N) is 1. The number of rotatable bonds is 4. The first kappa shape index (κ1) is 12.4. The van der Waals surface area contributed by atoms with Gasteiger partial charge >= 0.3 is 0 Å². The Balaban J connectivity index is 2.04. The lowest BCUT2D eigenvalue weighted by Gasteiger charge is -2.08. The van der Waals surface area contributed by atoms with E-state index in [-0.39, 0.29) is 0 Å². The minimum absolute atomic E-state index is 0.714. The molecule has 2 aromatic rings. The molecule has 0 saturated carbocycles. The van der Waals surface area contributed by atoms with Gasteiger partial charge in [-0.15, -0.1) is 11.3 Å². The van der Waals surface area contributed by atoms with Gasteiger partial charge in [0.05, 0.1) is 17.9 Å². The molecule has 2 rings (SSSR count). The number of halogens is 1. The molecule has 5 heteroatoms. The highest BCUT2D eigenvalue weighted by Crippen LogP contribution is 2.24. The van der Waals surface area contributed by atoms with Gasteiger partial charge in [0.2, 0.25) is 0 Å². The standard InChI is InChI=1S/C12H14BrN3S/c1-2-9-6-16-12(17-9)7-15-11-5-8(13)3-4-10(11)14/h3-6,15H,2,7,14H2,1H3. The highest BCUT2D eigenvalue weighted by Gasteiger charge is 2.03. The molecular formula is C12H14BrN3S. The Hall–Kier alpha value is -1.07. The van der Waals surface area contributed by atoms with E-state index < -0.39 is 0 Å². The Morgan fingerprint density at radius 1 is 1.47 bits per heavy atom. The van der Waals surface area contributed by atoms with Crippen LogP contribution in [0.25, 0.3) is 0 Å². The molecule has 1 aromatic carbocycles. The lowest BCUT2D eigenvalue weighted by molar-refractivity contribution is 1.09. The number of aryl methyl sites for hydroxylation is 1. The van der Waals surface area contributed by atoms with Crippen molar-refractivity contribution >= 4 is 38.6 Å². The first-order valence-electron chi connectivity index (χ1n) is 5.41. The van der Waals surface area contributed by atoms with Crippen LogP contribution < -0.4 is 11.1 Å². The number of anilines is 2. The summed E-state index contributed by atoms with van der Waals surface area (Å²) in [4.78, 5) is 5.67. The van der Waals surface area contributed by atoms with Gasteiger partial charge in [-0.1, -0.05) is 22.9 Å². The maximum absolute atomic E-state index is 5.88. The number of nitrogens with one attached hydrogen (secondary N) is 1. The van der Waals surface area contributed by atoms with Gasteiger partial charge in [-0.05, 0) is 24.6 Å². The topological polar surface area (TPSA) is 50.9 Å². The van der Waals surface area contributed by atoms with Crippen LogP contribution in [0.15, 0.2) is 28.9 Å². The molecular weight excluding hydrogens is 298 g/mol. The zero-order valence-electron chi connectivity index (χ0n) is 9.53. The lowest BCUT2D eigenvalue weighted by Crippen LogP contribution is -2.01. The second-order valence-electron chi connectivity index (χ2n) is 3.66. The SMILES string of the molecule is CCc1cnc(CNc2cc(Br)ccc2N)s1. The number of nitrogens with two attached hydrogens (primary N) is 1. The van der Waals surface area contributed by atoms with E-state index in [1.165, 1.54) is 4.88 Å². The first-order chi connectivity index (χ1) is 8.19. The number of nitrogen functional groups attached to an aromatic ring is 1. The highest BCUT2D eigenvalue weighted by molar-refractivity contribution is 9.10. The van der Waals surface area contributed by atoms with Crippen LogP contribution >= 0.6 is 27.3 Å². The summed E-state index contributed by atoms with van der Waals surface area (Å²) in [6.45, 7) is 2.85. The first-order valence-corrected chi connectivity index (χ1v) is 7.02.